The van der Waals surface area contributed by atoms with Crippen LogP contribution in [0.15, 0.2) is 47.0 Å². The van der Waals surface area contributed by atoms with Crippen molar-refractivity contribution in [2.24, 2.45) is 10.9 Å². The van der Waals surface area contributed by atoms with Gasteiger partial charge in [0.25, 0.3) is 5.91 Å². The molecule has 0 N–H and O–H groups in total. The van der Waals surface area contributed by atoms with Gasteiger partial charge in [0.2, 0.25) is 0 Å². The van der Waals surface area contributed by atoms with Gasteiger partial charge < -0.3 is 0 Å². The number of nitriles is 1. The van der Waals surface area contributed by atoms with Crippen molar-refractivity contribution < 1.29 is 4.79 Å². The van der Waals surface area contributed by atoms with Gasteiger partial charge in [0.05, 0.1) is 0 Å². The van der Waals surface area contributed by atoms with Gasteiger partial charge in [0, 0.05) is 31.3 Å². The summed E-state index contributed by atoms with van der Waals surface area (Å²) in [5.74, 6) is -0.268. The molecule has 4 nitrogen and oxygen atoms in total. The number of piperidine rings is 1. The lowest BCUT2D eigenvalue weighted by Gasteiger charge is -2.33. The molecular weight excluding hydrogens is 250 g/mol. The lowest BCUT2D eigenvalue weighted by molar-refractivity contribution is -0.114. The van der Waals surface area contributed by atoms with Gasteiger partial charge in [-0.2, -0.15) is 5.26 Å². The lowest BCUT2D eigenvalue weighted by atomic mass is 9.90. The van der Waals surface area contributed by atoms with Crippen molar-refractivity contribution in [1.82, 2.24) is 4.90 Å². The highest BCUT2D eigenvalue weighted by atomic mass is 16.1. The first-order chi connectivity index (χ1) is 9.76. The Morgan fingerprint density at radius 1 is 1.35 bits per heavy atom. The molecule has 0 aliphatic carbocycles. The van der Waals surface area contributed by atoms with Crippen LogP contribution in [-0.2, 0) is 11.3 Å². The van der Waals surface area contributed by atoms with E-state index in [9.17, 15) is 4.79 Å². The van der Waals surface area contributed by atoms with E-state index in [-0.39, 0.29) is 17.4 Å². The number of nitrogens with zero attached hydrogens (tertiary/aromatic N) is 3. The van der Waals surface area contributed by atoms with Gasteiger partial charge in [-0.15, -0.1) is 0 Å². The maximum atomic E-state index is 11.6. The molecule has 100 valence electrons. The SMILES string of the molecule is N#CC1=CC2CN(Cc3ccccc3)CCC2=NC1=O. The molecule has 1 fully saturated rings. The van der Waals surface area contributed by atoms with Gasteiger partial charge in [-0.3, -0.25) is 9.69 Å². The van der Waals surface area contributed by atoms with Crippen LogP contribution in [0.25, 0.3) is 0 Å². The topological polar surface area (TPSA) is 56.5 Å². The molecule has 0 aromatic heterocycles. The fourth-order valence-electron chi connectivity index (χ4n) is 2.75. The van der Waals surface area contributed by atoms with E-state index in [1.165, 1.54) is 5.56 Å². The van der Waals surface area contributed by atoms with Crippen LogP contribution in [0.3, 0.4) is 0 Å². The molecule has 4 heteroatoms. The Kier molecular flexibility index (Phi) is 3.44. The summed E-state index contributed by atoms with van der Waals surface area (Å²) in [5, 5.41) is 8.93. The number of hydrogen-bond donors (Lipinski definition) is 0. The molecule has 1 aromatic carbocycles. The molecule has 1 saturated heterocycles. The Morgan fingerprint density at radius 2 is 2.15 bits per heavy atom. The lowest BCUT2D eigenvalue weighted by Crippen LogP contribution is -2.41. The van der Waals surface area contributed by atoms with Gasteiger partial charge in [0.15, 0.2) is 0 Å². The summed E-state index contributed by atoms with van der Waals surface area (Å²) < 4.78 is 0. The zero-order valence-electron chi connectivity index (χ0n) is 11.1. The van der Waals surface area contributed by atoms with Crippen molar-refractivity contribution >= 4 is 11.6 Å². The average Bonchev–Trinajstić information content (AvgIpc) is 2.48. The van der Waals surface area contributed by atoms with Crippen molar-refractivity contribution in [3.8, 4) is 6.07 Å². The van der Waals surface area contributed by atoms with E-state index in [2.05, 4.69) is 22.0 Å². The molecule has 0 saturated carbocycles. The Bertz CT molecular complexity index is 625. The minimum absolute atomic E-state index is 0.111. The fraction of sp³-hybridized carbons (Fsp3) is 0.312. The van der Waals surface area contributed by atoms with Gasteiger partial charge in [-0.1, -0.05) is 36.4 Å². The van der Waals surface area contributed by atoms with E-state index in [4.69, 9.17) is 5.26 Å². The van der Waals surface area contributed by atoms with Crippen molar-refractivity contribution in [2.75, 3.05) is 13.1 Å². The highest BCUT2D eigenvalue weighted by Crippen LogP contribution is 2.23. The first-order valence-corrected chi connectivity index (χ1v) is 6.76. The quantitative estimate of drug-likeness (QED) is 0.821. The molecule has 2 aliphatic heterocycles. The maximum absolute atomic E-state index is 11.6. The summed E-state index contributed by atoms with van der Waals surface area (Å²) in [6, 6.07) is 12.3. The monoisotopic (exact) mass is 265 g/mol. The van der Waals surface area contributed by atoms with Crippen molar-refractivity contribution in [2.45, 2.75) is 13.0 Å². The van der Waals surface area contributed by atoms with Crippen LogP contribution in [0, 0.1) is 17.2 Å². The summed E-state index contributed by atoms with van der Waals surface area (Å²) >= 11 is 0. The number of carbonyl (C=O) groups excluding carboxylic acids is 1. The average molecular weight is 265 g/mol. The minimum atomic E-state index is -0.379. The summed E-state index contributed by atoms with van der Waals surface area (Å²) in [6.07, 6.45) is 2.58. The van der Waals surface area contributed by atoms with E-state index >= 15 is 0 Å². The van der Waals surface area contributed by atoms with Gasteiger partial charge in [-0.25, -0.2) is 4.99 Å². The van der Waals surface area contributed by atoms with Crippen LogP contribution in [0.5, 0.6) is 0 Å². The van der Waals surface area contributed by atoms with Crippen LogP contribution in [-0.4, -0.2) is 29.6 Å². The Balaban J connectivity index is 1.72. The molecule has 0 spiro atoms. The Hall–Kier alpha value is -2.25. The second-order valence-electron chi connectivity index (χ2n) is 5.18. The molecule has 1 amide bonds. The number of likely N-dealkylation sites (tertiary alicyclic amines) is 1. The molecule has 0 bridgehead atoms. The van der Waals surface area contributed by atoms with E-state index in [1.807, 2.05) is 24.3 Å². The van der Waals surface area contributed by atoms with Crippen molar-refractivity contribution in [1.29, 1.82) is 5.26 Å². The summed E-state index contributed by atoms with van der Waals surface area (Å²) in [4.78, 5) is 18.0. The normalized spacial score (nSPS) is 22.6. The molecule has 20 heavy (non-hydrogen) atoms. The zero-order chi connectivity index (χ0) is 13.9. The van der Waals surface area contributed by atoms with Crippen molar-refractivity contribution in [3.63, 3.8) is 0 Å². The van der Waals surface area contributed by atoms with Crippen LogP contribution >= 0.6 is 0 Å². The predicted octanol–water partition coefficient (Wildman–Crippen LogP) is 1.94. The van der Waals surface area contributed by atoms with Crippen LogP contribution < -0.4 is 0 Å². The molecule has 2 heterocycles. The van der Waals surface area contributed by atoms with E-state index in [0.717, 1.165) is 31.8 Å². The molecule has 1 atom stereocenters. The summed E-state index contributed by atoms with van der Waals surface area (Å²) in [5.41, 5.74) is 2.39. The third-order valence-electron chi connectivity index (χ3n) is 3.78. The zero-order valence-corrected chi connectivity index (χ0v) is 11.1. The van der Waals surface area contributed by atoms with Gasteiger partial charge >= 0.3 is 0 Å². The number of aliphatic imine (C=N–C) groups is 1. The van der Waals surface area contributed by atoms with Gasteiger partial charge in [-0.05, 0) is 12.0 Å². The van der Waals surface area contributed by atoms with Crippen molar-refractivity contribution in [3.05, 3.63) is 47.5 Å². The third kappa shape index (κ3) is 2.54. The number of benzene rings is 1. The predicted molar refractivity (Wildman–Crippen MR) is 76.0 cm³/mol. The second kappa shape index (κ2) is 5.40. The highest BCUT2D eigenvalue weighted by molar-refractivity contribution is 6.10. The number of rotatable bonds is 2. The largest absolute Gasteiger partial charge is 0.298 e. The van der Waals surface area contributed by atoms with Crippen LogP contribution in [0.2, 0.25) is 0 Å². The Labute approximate surface area is 118 Å². The minimum Gasteiger partial charge on any atom is -0.298 e. The van der Waals surface area contributed by atoms with E-state index in [0.29, 0.717) is 0 Å². The molecule has 3 rings (SSSR count). The summed E-state index contributed by atoms with van der Waals surface area (Å²) in [7, 11) is 0. The van der Waals surface area contributed by atoms with E-state index in [1.54, 1.807) is 6.08 Å². The number of hydrogen-bond acceptors (Lipinski definition) is 3. The Morgan fingerprint density at radius 3 is 2.90 bits per heavy atom. The molecule has 1 aromatic rings. The van der Waals surface area contributed by atoms with Gasteiger partial charge in [0.1, 0.15) is 11.6 Å². The fourth-order valence-corrected chi connectivity index (χ4v) is 2.75. The van der Waals surface area contributed by atoms with Crippen LogP contribution in [0.1, 0.15) is 12.0 Å². The smallest absolute Gasteiger partial charge is 0.287 e. The van der Waals surface area contributed by atoms with Crippen LogP contribution in [0.4, 0.5) is 0 Å². The standard InChI is InChI=1S/C16H15N3O/c17-9-13-8-14-11-19(7-6-15(14)18-16(13)20)10-12-4-2-1-3-5-12/h1-5,8,14H,6-7,10-11H2. The maximum Gasteiger partial charge on any atom is 0.287 e. The third-order valence-corrected chi connectivity index (χ3v) is 3.78. The first-order valence-electron chi connectivity index (χ1n) is 6.76. The highest BCUT2D eigenvalue weighted by Gasteiger charge is 2.29. The van der Waals surface area contributed by atoms with E-state index < -0.39 is 0 Å². The number of fused-ring (bicyclic) bond motifs is 1. The molecule has 2 aliphatic rings. The number of amides is 1. The first kappa shape index (κ1) is 12.8. The molecule has 1 unspecified atom stereocenters. The molecule has 0 radical (unpaired) electrons. The number of carbonyl (C=O) groups is 1. The summed E-state index contributed by atoms with van der Waals surface area (Å²) in [6.45, 7) is 2.63. The number of dihydropyridines is 1. The molecular formula is C16H15N3O. The second-order valence-corrected chi connectivity index (χ2v) is 5.18.